The lowest BCUT2D eigenvalue weighted by molar-refractivity contribution is 0.102. The van der Waals surface area contributed by atoms with Crippen LogP contribution < -0.4 is 16.4 Å². The molecule has 31 heavy (non-hydrogen) atoms. The lowest BCUT2D eigenvalue weighted by Gasteiger charge is -2.22. The van der Waals surface area contributed by atoms with Gasteiger partial charge in [0.1, 0.15) is 22.9 Å². The van der Waals surface area contributed by atoms with Crippen molar-refractivity contribution in [2.45, 2.75) is 25.3 Å². The normalized spacial score (nSPS) is 16.3. The van der Waals surface area contributed by atoms with Gasteiger partial charge in [0.15, 0.2) is 5.82 Å². The third-order valence-corrected chi connectivity index (χ3v) is 5.47. The maximum atomic E-state index is 12.5. The largest absolute Gasteiger partial charge is 0.382 e. The predicted octanol–water partition coefficient (Wildman–Crippen LogP) is 2.84. The lowest BCUT2D eigenvalue weighted by atomic mass is 10.0. The second kappa shape index (κ2) is 8.11. The molecule has 0 saturated carbocycles. The van der Waals surface area contributed by atoms with E-state index in [1.54, 1.807) is 36.7 Å². The highest BCUT2D eigenvalue weighted by Crippen LogP contribution is 2.32. The van der Waals surface area contributed by atoms with Crippen LogP contribution in [0.5, 0.6) is 0 Å². The van der Waals surface area contributed by atoms with Gasteiger partial charge in [-0.15, -0.1) is 5.10 Å². The number of nitrogens with one attached hydrogen (secondary N) is 2. The molecule has 0 unspecified atom stereocenters. The molecule has 1 aromatic carbocycles. The molecule has 3 aromatic heterocycles. The smallest absolute Gasteiger partial charge is 0.256 e. The van der Waals surface area contributed by atoms with E-state index in [0.29, 0.717) is 17.2 Å². The molecule has 0 bridgehead atoms. The van der Waals surface area contributed by atoms with Crippen LogP contribution in [0, 0.1) is 0 Å². The molecule has 1 saturated heterocycles. The first-order chi connectivity index (χ1) is 15.2. The lowest BCUT2D eigenvalue weighted by Crippen LogP contribution is -2.28. The minimum atomic E-state index is -0.255. The summed E-state index contributed by atoms with van der Waals surface area (Å²) in [6.07, 6.45) is 8.52. The summed E-state index contributed by atoms with van der Waals surface area (Å²) in [5.41, 5.74) is 9.15. The number of anilines is 2. The average Bonchev–Trinajstić information content (AvgIpc) is 3.21. The van der Waals surface area contributed by atoms with Gasteiger partial charge in [0.25, 0.3) is 5.91 Å². The first-order valence-electron chi connectivity index (χ1n) is 10.3. The number of nitrogen functional groups attached to an aromatic ring is 1. The van der Waals surface area contributed by atoms with Gasteiger partial charge in [0, 0.05) is 29.7 Å². The van der Waals surface area contributed by atoms with Crippen molar-refractivity contribution in [1.82, 2.24) is 29.9 Å². The van der Waals surface area contributed by atoms with Crippen LogP contribution in [0.2, 0.25) is 0 Å². The number of carbonyl (C=O) groups excluding carboxylic acids is 1. The Balaban J connectivity index is 1.48. The molecule has 5 rings (SSSR count). The van der Waals surface area contributed by atoms with Crippen molar-refractivity contribution in [2.75, 3.05) is 17.6 Å². The van der Waals surface area contributed by atoms with Gasteiger partial charge in [-0.05, 0) is 43.7 Å². The molecular weight excluding hydrogens is 392 g/mol. The van der Waals surface area contributed by atoms with Gasteiger partial charge in [0.2, 0.25) is 0 Å². The zero-order chi connectivity index (χ0) is 21.2. The van der Waals surface area contributed by atoms with Crippen LogP contribution in [0.3, 0.4) is 0 Å². The molecule has 4 aromatic rings. The van der Waals surface area contributed by atoms with Gasteiger partial charge in [-0.3, -0.25) is 9.20 Å². The number of carbonyl (C=O) groups is 1. The van der Waals surface area contributed by atoms with E-state index in [0.717, 1.165) is 42.0 Å². The van der Waals surface area contributed by atoms with Crippen LogP contribution in [-0.2, 0) is 0 Å². The Morgan fingerprint density at radius 3 is 2.77 bits per heavy atom. The topological polar surface area (TPSA) is 123 Å². The Bertz CT molecular complexity index is 1210. The van der Waals surface area contributed by atoms with Gasteiger partial charge in [-0.1, -0.05) is 18.6 Å². The molecule has 1 fully saturated rings. The predicted molar refractivity (Wildman–Crippen MR) is 117 cm³/mol. The number of nitrogens with two attached hydrogens (primary N) is 1. The number of hydrogen-bond acceptors (Lipinski definition) is 7. The minimum absolute atomic E-state index is 0.175. The highest BCUT2D eigenvalue weighted by Gasteiger charge is 2.23. The number of hydrogen-bond donors (Lipinski definition) is 3. The quantitative estimate of drug-likeness (QED) is 0.469. The fourth-order valence-corrected chi connectivity index (χ4v) is 3.94. The summed E-state index contributed by atoms with van der Waals surface area (Å²) in [4.78, 5) is 21.7. The van der Waals surface area contributed by atoms with Crippen LogP contribution >= 0.6 is 0 Å². The zero-order valence-electron chi connectivity index (χ0n) is 16.8. The number of benzene rings is 1. The van der Waals surface area contributed by atoms with Gasteiger partial charge >= 0.3 is 0 Å². The Hall–Kier alpha value is -3.85. The highest BCUT2D eigenvalue weighted by atomic mass is 16.1. The molecule has 1 aliphatic rings. The summed E-state index contributed by atoms with van der Waals surface area (Å²) >= 11 is 0. The summed E-state index contributed by atoms with van der Waals surface area (Å²) in [7, 11) is 0. The van der Waals surface area contributed by atoms with Crippen molar-refractivity contribution in [1.29, 1.82) is 0 Å². The van der Waals surface area contributed by atoms with Crippen molar-refractivity contribution in [3.8, 4) is 11.3 Å². The molecule has 4 heterocycles. The molecule has 0 radical (unpaired) electrons. The Morgan fingerprint density at radius 2 is 2.03 bits per heavy atom. The molecule has 0 aliphatic carbocycles. The van der Waals surface area contributed by atoms with Crippen LogP contribution in [-0.4, -0.2) is 37.0 Å². The number of nitrogens with zero attached hydrogens (tertiary/aromatic N) is 5. The van der Waals surface area contributed by atoms with Gasteiger partial charge in [0.05, 0.1) is 6.04 Å². The molecular formula is C22H22N8O. The van der Waals surface area contributed by atoms with E-state index in [2.05, 4.69) is 25.8 Å². The maximum Gasteiger partial charge on any atom is 0.256 e. The molecule has 156 valence electrons. The molecule has 9 heteroatoms. The van der Waals surface area contributed by atoms with Gasteiger partial charge in [-0.25, -0.2) is 9.97 Å². The second-order valence-corrected chi connectivity index (χ2v) is 7.49. The fraction of sp³-hybridized carbons (Fsp3) is 0.227. The van der Waals surface area contributed by atoms with E-state index in [1.165, 1.54) is 6.42 Å². The first-order valence-corrected chi connectivity index (χ1v) is 10.3. The van der Waals surface area contributed by atoms with E-state index < -0.39 is 0 Å². The number of rotatable bonds is 4. The molecule has 9 nitrogen and oxygen atoms in total. The van der Waals surface area contributed by atoms with Gasteiger partial charge < -0.3 is 16.4 Å². The molecule has 1 amide bonds. The van der Waals surface area contributed by atoms with E-state index in [-0.39, 0.29) is 11.9 Å². The second-order valence-electron chi connectivity index (χ2n) is 7.49. The molecule has 0 spiro atoms. The Labute approximate surface area is 178 Å². The van der Waals surface area contributed by atoms with Crippen molar-refractivity contribution in [3.63, 3.8) is 0 Å². The summed E-state index contributed by atoms with van der Waals surface area (Å²) in [6, 6.07) is 10.8. The standard InChI is InChI=1S/C22H22N8O/c23-20-19-18(28-21(30(19)13-12-25-20)16-4-1-2-10-24-16)14-6-8-15(9-7-14)22(31)27-17-5-3-11-26-29-17/h3,5-9,11-13,16,24H,1-2,4,10H2,(H2,23,25)(H,27,29,31)/t16-/m0/s1. The zero-order valence-corrected chi connectivity index (χ0v) is 16.8. The number of amides is 1. The average molecular weight is 414 g/mol. The van der Waals surface area contributed by atoms with E-state index in [1.807, 2.05) is 22.7 Å². The van der Waals surface area contributed by atoms with Gasteiger partial charge in [-0.2, -0.15) is 5.10 Å². The van der Waals surface area contributed by atoms with Crippen molar-refractivity contribution in [2.24, 2.45) is 0 Å². The number of imidazole rings is 1. The Kier molecular flexibility index (Phi) is 5.01. The van der Waals surface area contributed by atoms with E-state index in [4.69, 9.17) is 10.7 Å². The maximum absolute atomic E-state index is 12.5. The van der Waals surface area contributed by atoms with Crippen molar-refractivity contribution < 1.29 is 4.79 Å². The SMILES string of the molecule is Nc1nccn2c([C@@H]3CCCCN3)nc(-c3ccc(C(=O)Nc4cccnn4)cc3)c12. The third kappa shape index (κ3) is 3.71. The third-order valence-electron chi connectivity index (χ3n) is 5.47. The summed E-state index contributed by atoms with van der Waals surface area (Å²) < 4.78 is 2.02. The van der Waals surface area contributed by atoms with Crippen molar-refractivity contribution >= 4 is 23.1 Å². The number of piperidine rings is 1. The summed E-state index contributed by atoms with van der Waals surface area (Å²) in [5, 5.41) is 13.9. The monoisotopic (exact) mass is 414 g/mol. The van der Waals surface area contributed by atoms with E-state index >= 15 is 0 Å². The highest BCUT2D eigenvalue weighted by molar-refractivity contribution is 6.04. The molecule has 4 N–H and O–H groups in total. The summed E-state index contributed by atoms with van der Waals surface area (Å²) in [6.45, 7) is 0.977. The first kappa shape index (κ1) is 19.1. The molecule has 1 aliphatic heterocycles. The van der Waals surface area contributed by atoms with Crippen LogP contribution in [0.25, 0.3) is 16.8 Å². The fourth-order valence-electron chi connectivity index (χ4n) is 3.94. The Morgan fingerprint density at radius 1 is 1.16 bits per heavy atom. The number of aromatic nitrogens is 5. The minimum Gasteiger partial charge on any atom is -0.382 e. The van der Waals surface area contributed by atoms with Crippen molar-refractivity contribution in [3.05, 3.63) is 66.4 Å². The van der Waals surface area contributed by atoms with E-state index in [9.17, 15) is 4.79 Å². The van der Waals surface area contributed by atoms with Crippen LogP contribution in [0.1, 0.15) is 41.5 Å². The van der Waals surface area contributed by atoms with Crippen LogP contribution in [0.15, 0.2) is 55.0 Å². The summed E-state index contributed by atoms with van der Waals surface area (Å²) in [5.74, 6) is 1.51. The molecule has 1 atom stereocenters. The van der Waals surface area contributed by atoms with Crippen LogP contribution in [0.4, 0.5) is 11.6 Å². The number of fused-ring (bicyclic) bond motifs is 1.